The van der Waals surface area contributed by atoms with Gasteiger partial charge >= 0.3 is 0 Å². The second-order valence-electron chi connectivity index (χ2n) is 8.22. The number of guanidine groups is 1. The van der Waals surface area contributed by atoms with E-state index in [1.54, 1.807) is 0 Å². The monoisotopic (exact) mass is 539 g/mol. The van der Waals surface area contributed by atoms with Crippen LogP contribution in [0.4, 0.5) is 0 Å². The summed E-state index contributed by atoms with van der Waals surface area (Å²) in [6, 6.07) is 8.62. The molecule has 1 N–H and O–H groups in total. The number of benzene rings is 1. The van der Waals surface area contributed by atoms with Crippen molar-refractivity contribution in [3.63, 3.8) is 0 Å². The van der Waals surface area contributed by atoms with Crippen LogP contribution in [-0.2, 0) is 29.7 Å². The molecule has 2 aliphatic rings. The Morgan fingerprint density at radius 2 is 2.06 bits per heavy atom. The number of aryl methyl sites for hydroxylation is 1. The lowest BCUT2D eigenvalue weighted by molar-refractivity contribution is -0.0390. The molecular formula is C23H34IN5O2. The van der Waals surface area contributed by atoms with Gasteiger partial charge in [-0.2, -0.15) is 5.10 Å². The van der Waals surface area contributed by atoms with Gasteiger partial charge < -0.3 is 19.7 Å². The van der Waals surface area contributed by atoms with Crippen molar-refractivity contribution in [1.29, 1.82) is 0 Å². The molecule has 2 aliphatic heterocycles. The molecule has 0 amide bonds. The molecule has 0 radical (unpaired) electrons. The molecule has 1 aromatic carbocycles. The van der Waals surface area contributed by atoms with Crippen LogP contribution in [0.15, 0.2) is 41.7 Å². The molecule has 3 heterocycles. The van der Waals surface area contributed by atoms with Gasteiger partial charge in [0.05, 0.1) is 18.9 Å². The Labute approximate surface area is 202 Å². The molecule has 2 fully saturated rings. The van der Waals surface area contributed by atoms with E-state index in [0.29, 0.717) is 18.6 Å². The van der Waals surface area contributed by atoms with Crippen molar-refractivity contribution in [2.45, 2.75) is 44.4 Å². The van der Waals surface area contributed by atoms with E-state index in [1.165, 1.54) is 16.7 Å². The molecule has 0 saturated carbocycles. The SMILES string of the molecule is CN=C(NCc1cccc(COC2CCOCC2)c1)N1CCC(c2cnn(C)c2)C1.I. The molecule has 0 aliphatic carbocycles. The Hall–Kier alpha value is -1.65. The molecule has 4 rings (SSSR count). The molecule has 2 saturated heterocycles. The van der Waals surface area contributed by atoms with Gasteiger partial charge in [-0.3, -0.25) is 9.67 Å². The zero-order valence-electron chi connectivity index (χ0n) is 18.5. The van der Waals surface area contributed by atoms with E-state index in [9.17, 15) is 0 Å². The summed E-state index contributed by atoms with van der Waals surface area (Å²) >= 11 is 0. The minimum Gasteiger partial charge on any atom is -0.381 e. The second-order valence-corrected chi connectivity index (χ2v) is 8.22. The number of nitrogens with zero attached hydrogens (tertiary/aromatic N) is 4. The Kier molecular flexibility index (Phi) is 9.15. The molecule has 31 heavy (non-hydrogen) atoms. The summed E-state index contributed by atoms with van der Waals surface area (Å²) in [6.45, 7) is 5.03. The fourth-order valence-corrected chi connectivity index (χ4v) is 4.28. The number of nitrogens with one attached hydrogen (secondary N) is 1. The molecule has 0 spiro atoms. The van der Waals surface area contributed by atoms with Crippen LogP contribution >= 0.6 is 24.0 Å². The summed E-state index contributed by atoms with van der Waals surface area (Å²) in [5, 5.41) is 7.85. The number of likely N-dealkylation sites (tertiary alicyclic amines) is 1. The topological polar surface area (TPSA) is 63.9 Å². The zero-order valence-corrected chi connectivity index (χ0v) is 20.8. The Balaban J connectivity index is 0.00000272. The Bertz CT molecular complexity index is 850. The van der Waals surface area contributed by atoms with Gasteiger partial charge in [0.15, 0.2) is 5.96 Å². The summed E-state index contributed by atoms with van der Waals surface area (Å²) in [5.74, 6) is 1.48. The first-order valence-corrected chi connectivity index (χ1v) is 10.9. The van der Waals surface area contributed by atoms with E-state index >= 15 is 0 Å². The smallest absolute Gasteiger partial charge is 0.193 e. The number of hydrogen-bond donors (Lipinski definition) is 1. The third kappa shape index (κ3) is 6.66. The summed E-state index contributed by atoms with van der Waals surface area (Å²) in [6.07, 6.45) is 7.55. The predicted octanol–water partition coefficient (Wildman–Crippen LogP) is 3.30. The van der Waals surface area contributed by atoms with Crippen LogP contribution in [0.1, 0.15) is 41.9 Å². The van der Waals surface area contributed by atoms with Crippen LogP contribution in [0, 0.1) is 0 Å². The molecule has 1 unspecified atom stereocenters. The fraction of sp³-hybridized carbons (Fsp3) is 0.565. The van der Waals surface area contributed by atoms with Crippen molar-refractivity contribution in [3.05, 3.63) is 53.3 Å². The minimum atomic E-state index is 0. The van der Waals surface area contributed by atoms with Crippen LogP contribution in [0.5, 0.6) is 0 Å². The van der Waals surface area contributed by atoms with Gasteiger partial charge in [0.25, 0.3) is 0 Å². The summed E-state index contributed by atoms with van der Waals surface area (Å²) in [4.78, 5) is 6.86. The van der Waals surface area contributed by atoms with E-state index < -0.39 is 0 Å². The van der Waals surface area contributed by atoms with E-state index in [0.717, 1.165) is 58.1 Å². The molecule has 1 atom stereocenters. The lowest BCUT2D eigenvalue weighted by Crippen LogP contribution is -2.39. The minimum absolute atomic E-state index is 0. The lowest BCUT2D eigenvalue weighted by Gasteiger charge is -2.23. The molecule has 8 heteroatoms. The van der Waals surface area contributed by atoms with Crippen molar-refractivity contribution < 1.29 is 9.47 Å². The second kappa shape index (κ2) is 11.8. The third-order valence-corrected chi connectivity index (χ3v) is 5.99. The number of hydrogen-bond acceptors (Lipinski definition) is 4. The van der Waals surface area contributed by atoms with Crippen LogP contribution in [0.2, 0.25) is 0 Å². The van der Waals surface area contributed by atoms with Gasteiger partial charge in [0.1, 0.15) is 0 Å². The van der Waals surface area contributed by atoms with Crippen molar-refractivity contribution in [1.82, 2.24) is 20.0 Å². The van der Waals surface area contributed by atoms with Crippen LogP contribution < -0.4 is 5.32 Å². The average Bonchev–Trinajstić information content (AvgIpc) is 3.43. The first kappa shape index (κ1) is 24.0. The average molecular weight is 539 g/mol. The maximum Gasteiger partial charge on any atom is 0.193 e. The first-order valence-electron chi connectivity index (χ1n) is 10.9. The van der Waals surface area contributed by atoms with Gasteiger partial charge in [-0.15, -0.1) is 24.0 Å². The van der Waals surface area contributed by atoms with E-state index in [2.05, 4.69) is 50.8 Å². The third-order valence-electron chi connectivity index (χ3n) is 5.99. The molecule has 0 bridgehead atoms. The van der Waals surface area contributed by atoms with E-state index in [-0.39, 0.29) is 24.0 Å². The highest BCUT2D eigenvalue weighted by molar-refractivity contribution is 14.0. The van der Waals surface area contributed by atoms with Gasteiger partial charge in [-0.05, 0) is 36.0 Å². The van der Waals surface area contributed by atoms with E-state index in [4.69, 9.17) is 9.47 Å². The molecular weight excluding hydrogens is 505 g/mol. The molecule has 170 valence electrons. The quantitative estimate of drug-likeness (QED) is 0.347. The Morgan fingerprint density at radius 3 is 2.81 bits per heavy atom. The largest absolute Gasteiger partial charge is 0.381 e. The fourth-order valence-electron chi connectivity index (χ4n) is 4.28. The van der Waals surface area contributed by atoms with E-state index in [1.807, 2.05) is 25.0 Å². The standard InChI is InChI=1S/C23H33N5O2.HI/c1-24-23(28-9-6-20(16-28)21-14-26-27(2)15-21)25-13-18-4-3-5-19(12-18)17-30-22-7-10-29-11-8-22;/h3-5,12,14-15,20,22H,6-11,13,16-17H2,1-2H3,(H,24,25);1H. The van der Waals surface area contributed by atoms with Gasteiger partial charge in [0, 0.05) is 59.1 Å². The van der Waals surface area contributed by atoms with Crippen molar-refractivity contribution in [3.8, 4) is 0 Å². The molecule has 2 aromatic rings. The maximum atomic E-state index is 6.07. The van der Waals surface area contributed by atoms with Gasteiger partial charge in [-0.25, -0.2) is 0 Å². The normalized spacial score (nSPS) is 20.0. The van der Waals surface area contributed by atoms with Crippen LogP contribution in [0.3, 0.4) is 0 Å². The highest BCUT2D eigenvalue weighted by Crippen LogP contribution is 2.26. The molecule has 1 aromatic heterocycles. The number of ether oxygens (including phenoxy) is 2. The summed E-state index contributed by atoms with van der Waals surface area (Å²) in [7, 11) is 3.83. The first-order chi connectivity index (χ1) is 14.7. The number of rotatable bonds is 6. The number of halogens is 1. The maximum absolute atomic E-state index is 6.07. The van der Waals surface area contributed by atoms with Gasteiger partial charge in [0.2, 0.25) is 0 Å². The van der Waals surface area contributed by atoms with Crippen LogP contribution in [-0.4, -0.2) is 60.1 Å². The lowest BCUT2D eigenvalue weighted by atomic mass is 10.0. The predicted molar refractivity (Wildman–Crippen MR) is 133 cm³/mol. The van der Waals surface area contributed by atoms with Crippen LogP contribution in [0.25, 0.3) is 0 Å². The number of aromatic nitrogens is 2. The van der Waals surface area contributed by atoms with Crippen molar-refractivity contribution in [2.24, 2.45) is 12.0 Å². The zero-order chi connectivity index (χ0) is 20.8. The van der Waals surface area contributed by atoms with Crippen molar-refractivity contribution >= 4 is 29.9 Å². The number of aliphatic imine (C=N–C) groups is 1. The summed E-state index contributed by atoms with van der Waals surface area (Å²) in [5.41, 5.74) is 3.77. The Morgan fingerprint density at radius 1 is 1.26 bits per heavy atom. The highest BCUT2D eigenvalue weighted by Gasteiger charge is 2.26. The summed E-state index contributed by atoms with van der Waals surface area (Å²) < 4.78 is 13.4. The highest BCUT2D eigenvalue weighted by atomic mass is 127. The molecule has 7 nitrogen and oxygen atoms in total. The van der Waals surface area contributed by atoms with Gasteiger partial charge in [-0.1, -0.05) is 24.3 Å². The van der Waals surface area contributed by atoms with Crippen molar-refractivity contribution in [2.75, 3.05) is 33.4 Å².